The Morgan fingerprint density at radius 1 is 0.628 bits per heavy atom. The lowest BCUT2D eigenvalue weighted by Crippen LogP contribution is -2.61. The number of nitrogens with zero attached hydrogens (tertiary/aromatic N) is 5. The topological polar surface area (TPSA) is 481 Å². The first kappa shape index (κ1) is 62.4. The summed E-state index contributed by atoms with van der Waals surface area (Å²) in [7, 11) is 0. The molecule has 2 fully saturated rings. The number of hydrogen-bond acceptors (Lipinski definition) is 15. The summed E-state index contributed by atoms with van der Waals surface area (Å²) in [5, 5.41) is 34.9. The van der Waals surface area contributed by atoms with E-state index < -0.39 is 132 Å². The van der Waals surface area contributed by atoms with Gasteiger partial charge in [-0.3, -0.25) is 52.9 Å². The van der Waals surface area contributed by atoms with Gasteiger partial charge in [0.25, 0.3) is 0 Å². The fourth-order valence-corrected chi connectivity index (χ4v) is 9.14. The quantitative estimate of drug-likeness (QED) is 0.0193. The van der Waals surface area contributed by atoms with Crippen LogP contribution in [0.15, 0.2) is 30.0 Å². The molecule has 2 aliphatic rings. The van der Waals surface area contributed by atoms with Gasteiger partial charge in [-0.1, -0.05) is 27.7 Å². The summed E-state index contributed by atoms with van der Waals surface area (Å²) in [6.45, 7) is 7.46. The normalized spacial score (nSPS) is 17.8. The van der Waals surface area contributed by atoms with Crippen LogP contribution in [0.5, 0.6) is 0 Å². The molecule has 30 heteroatoms. The van der Waals surface area contributed by atoms with E-state index in [1.807, 2.05) is 27.7 Å². The molecule has 18 N–H and O–H groups in total. The number of carbonyl (C=O) groups is 11. The number of carboxylic acids is 2. The Morgan fingerprint density at radius 2 is 1.10 bits per heavy atom. The van der Waals surface area contributed by atoms with Crippen LogP contribution in [0.1, 0.15) is 103 Å². The third kappa shape index (κ3) is 19.4. The molecule has 2 saturated heterocycles. The van der Waals surface area contributed by atoms with Gasteiger partial charge < -0.3 is 84.8 Å². The number of likely N-dealkylation sites (tertiary alicyclic amines) is 2. The van der Waals surface area contributed by atoms with Gasteiger partial charge in [-0.05, 0) is 63.2 Å². The van der Waals surface area contributed by atoms with E-state index in [9.17, 15) is 63.0 Å². The van der Waals surface area contributed by atoms with Gasteiger partial charge in [0, 0.05) is 56.3 Å². The van der Waals surface area contributed by atoms with Gasteiger partial charge >= 0.3 is 11.9 Å². The van der Waals surface area contributed by atoms with Crippen molar-refractivity contribution in [3.05, 3.63) is 36.4 Å². The number of aromatic nitrogens is 4. The number of nitrogens with one attached hydrogen (secondary N) is 8. The number of H-pyrrole nitrogens is 2. The average Bonchev–Trinajstić information content (AvgIpc) is 4.24. The predicted molar refractivity (Wildman–Crippen MR) is 276 cm³/mol. The van der Waals surface area contributed by atoms with Crippen molar-refractivity contribution in [2.75, 3.05) is 19.6 Å². The molecule has 30 nitrogen and oxygen atoms in total. The van der Waals surface area contributed by atoms with E-state index in [2.05, 4.69) is 56.8 Å². The Bertz CT molecular complexity index is 2450. The van der Waals surface area contributed by atoms with Gasteiger partial charge in [0.2, 0.25) is 53.2 Å². The van der Waals surface area contributed by atoms with Crippen LogP contribution in [0.4, 0.5) is 0 Å². The second-order valence-corrected chi connectivity index (χ2v) is 20.2. The molecule has 4 heterocycles. The Balaban J connectivity index is 1.55. The molecule has 9 amide bonds. The number of carboxylic acid groups (broad SMARTS) is 2. The largest absolute Gasteiger partial charge is 0.481 e. The molecule has 0 aliphatic carbocycles. The number of aliphatic carboxylic acids is 2. The maximum absolute atomic E-state index is 14.6. The lowest BCUT2D eigenvalue weighted by Gasteiger charge is -2.32. The molecule has 0 radical (unpaired) electrons. The van der Waals surface area contributed by atoms with Crippen molar-refractivity contribution in [3.63, 3.8) is 0 Å². The molecule has 2 aromatic rings. The minimum Gasteiger partial charge on any atom is -0.481 e. The standard InChI is InChI=1S/C48H75N17O13/c1-24(2)14-28(49)39(69)59-30(15-25(3)4)40(70)60-31(16-26-20-53-22-56-26)41(71)61-32(19-38(67)68)42(72)62-33(17-27-21-54-23-57-27)45(75)64-12-7-10-36(64)44(74)63-34(18-37(50)66)46(76)65-13-6-9-35(65)43(73)58-29(47(77)78)8-5-11-55-48(51)52/h20-25,28-36H,5-19,49H2,1-4H3,(H2,50,66)(H,53,56)(H,54,57)(H,58,73)(H,59,69)(H,60,70)(H,61,71)(H,62,72)(H,63,74)(H,67,68)(H,77,78)(H4,51,52,55). The average molecular weight is 1100 g/mol. The first-order valence-electron chi connectivity index (χ1n) is 25.8. The second-order valence-electron chi connectivity index (χ2n) is 20.2. The maximum Gasteiger partial charge on any atom is 0.326 e. The smallest absolute Gasteiger partial charge is 0.326 e. The van der Waals surface area contributed by atoms with Crippen LogP contribution in [0.25, 0.3) is 0 Å². The van der Waals surface area contributed by atoms with Gasteiger partial charge in [0.1, 0.15) is 48.3 Å². The third-order valence-corrected chi connectivity index (χ3v) is 12.9. The number of primary amides is 1. The van der Waals surface area contributed by atoms with Gasteiger partial charge in [0.05, 0.1) is 31.5 Å². The molecular weight excluding hydrogens is 1020 g/mol. The van der Waals surface area contributed by atoms with Crippen molar-refractivity contribution in [2.45, 2.75) is 159 Å². The fraction of sp³-hybridized carbons (Fsp3) is 0.625. The minimum atomic E-state index is -1.87. The van der Waals surface area contributed by atoms with Crippen molar-refractivity contribution < 1.29 is 63.0 Å². The van der Waals surface area contributed by atoms with E-state index in [0.29, 0.717) is 24.2 Å². The molecule has 78 heavy (non-hydrogen) atoms. The fourth-order valence-electron chi connectivity index (χ4n) is 9.14. The number of nitrogens with two attached hydrogens (primary N) is 4. The van der Waals surface area contributed by atoms with Crippen LogP contribution in [-0.2, 0) is 65.6 Å². The van der Waals surface area contributed by atoms with E-state index in [1.54, 1.807) is 0 Å². The summed E-state index contributed by atoms with van der Waals surface area (Å²) in [6.07, 6.45) is 4.49. The van der Waals surface area contributed by atoms with E-state index in [0.717, 1.165) is 9.80 Å². The highest BCUT2D eigenvalue weighted by Gasteiger charge is 2.43. The monoisotopic (exact) mass is 1100 g/mol. The molecule has 0 spiro atoms. The van der Waals surface area contributed by atoms with Crippen molar-refractivity contribution in [3.8, 4) is 0 Å². The highest BCUT2D eigenvalue weighted by Crippen LogP contribution is 2.23. The van der Waals surface area contributed by atoms with Crippen LogP contribution in [0.3, 0.4) is 0 Å². The molecule has 0 saturated carbocycles. The number of imidazole rings is 2. The van der Waals surface area contributed by atoms with Crippen molar-refractivity contribution in [2.24, 2.45) is 39.8 Å². The zero-order valence-corrected chi connectivity index (χ0v) is 44.2. The van der Waals surface area contributed by atoms with Gasteiger partial charge in [-0.2, -0.15) is 0 Å². The summed E-state index contributed by atoms with van der Waals surface area (Å²) in [6, 6.07) is -12.4. The second kappa shape index (κ2) is 29.9. The van der Waals surface area contributed by atoms with Crippen LogP contribution in [-0.4, -0.2) is 185 Å². The number of aromatic amines is 2. The molecule has 4 rings (SSSR count). The lowest BCUT2D eigenvalue weighted by molar-refractivity contribution is -0.146. The van der Waals surface area contributed by atoms with Crippen molar-refractivity contribution in [1.82, 2.24) is 61.6 Å². The van der Waals surface area contributed by atoms with E-state index in [-0.39, 0.29) is 88.8 Å². The van der Waals surface area contributed by atoms with E-state index in [1.165, 1.54) is 25.0 Å². The Hall–Kier alpha value is -8.18. The Kier molecular flexibility index (Phi) is 23.9. The Morgan fingerprint density at radius 3 is 1.59 bits per heavy atom. The van der Waals surface area contributed by atoms with Crippen LogP contribution in [0.2, 0.25) is 0 Å². The first-order chi connectivity index (χ1) is 36.8. The van der Waals surface area contributed by atoms with Gasteiger partial charge in [0.15, 0.2) is 5.96 Å². The number of carbonyl (C=O) groups excluding carboxylic acids is 9. The maximum atomic E-state index is 14.6. The summed E-state index contributed by atoms with van der Waals surface area (Å²) in [4.78, 5) is 168. The Labute approximate surface area is 449 Å². The van der Waals surface area contributed by atoms with Crippen LogP contribution in [0, 0.1) is 11.8 Å². The van der Waals surface area contributed by atoms with Crippen LogP contribution >= 0.6 is 0 Å². The summed E-state index contributed by atoms with van der Waals surface area (Å²) in [5.41, 5.74) is 23.0. The highest BCUT2D eigenvalue weighted by atomic mass is 16.4. The zero-order valence-electron chi connectivity index (χ0n) is 44.2. The van der Waals surface area contributed by atoms with Gasteiger partial charge in [-0.15, -0.1) is 0 Å². The number of amides is 9. The summed E-state index contributed by atoms with van der Waals surface area (Å²) in [5.74, 6) is -11.0. The van der Waals surface area contributed by atoms with Crippen molar-refractivity contribution in [1.29, 1.82) is 0 Å². The molecule has 2 aromatic heterocycles. The van der Waals surface area contributed by atoms with Crippen molar-refractivity contribution >= 4 is 71.1 Å². The minimum absolute atomic E-state index is 0.00282. The summed E-state index contributed by atoms with van der Waals surface area (Å²) < 4.78 is 0. The molecular formula is C48H75N17O13. The number of hydrogen-bond donors (Lipinski definition) is 14. The molecule has 0 aromatic carbocycles. The van der Waals surface area contributed by atoms with Gasteiger partial charge in [-0.25, -0.2) is 14.8 Å². The number of guanidine groups is 1. The molecule has 2 aliphatic heterocycles. The molecule has 9 unspecified atom stereocenters. The molecule has 430 valence electrons. The van der Waals surface area contributed by atoms with Crippen LogP contribution < -0.4 is 54.8 Å². The number of aliphatic imine (C=N–C) groups is 1. The number of rotatable bonds is 31. The van der Waals surface area contributed by atoms with E-state index in [4.69, 9.17) is 22.9 Å². The molecule has 0 bridgehead atoms. The highest BCUT2D eigenvalue weighted by molar-refractivity contribution is 6.00. The molecule has 9 atom stereocenters. The predicted octanol–water partition coefficient (Wildman–Crippen LogP) is -4.28. The third-order valence-electron chi connectivity index (χ3n) is 12.9. The zero-order chi connectivity index (χ0) is 57.8. The summed E-state index contributed by atoms with van der Waals surface area (Å²) >= 11 is 0. The SMILES string of the molecule is CC(C)CC(N)C(=O)NC(CC(C)C)C(=O)NC(Cc1cnc[nH]1)C(=O)NC(CC(=O)O)C(=O)NC(Cc1cnc[nH]1)C(=O)N1CCCC1C(=O)NC(CC(N)=O)C(=O)N1CCCC1C(=O)NC(CCCN=C(N)N)C(=O)O. The lowest BCUT2D eigenvalue weighted by atomic mass is 10.00. The first-order valence-corrected chi connectivity index (χ1v) is 25.8. The van der Waals surface area contributed by atoms with E-state index >= 15 is 0 Å².